The Balaban J connectivity index is 1.74. The molecule has 0 atom stereocenters. The minimum atomic E-state index is -0.356. The Morgan fingerprint density at radius 2 is 1.81 bits per heavy atom. The van der Waals surface area contributed by atoms with Crippen LogP contribution in [0.3, 0.4) is 0 Å². The van der Waals surface area contributed by atoms with E-state index in [-0.39, 0.29) is 25.6 Å². The molecule has 0 aliphatic carbocycles. The van der Waals surface area contributed by atoms with Gasteiger partial charge in [0.05, 0.1) is 0 Å². The molecule has 1 saturated heterocycles. The van der Waals surface area contributed by atoms with E-state index in [0.717, 1.165) is 37.2 Å². The molecule has 26 heavy (non-hydrogen) atoms. The number of nitro benzene ring substituents is 1. The van der Waals surface area contributed by atoms with Gasteiger partial charge in [0, 0.05) is 0 Å². The summed E-state index contributed by atoms with van der Waals surface area (Å²) in [6.07, 6.45) is 2.27. The van der Waals surface area contributed by atoms with E-state index in [1.807, 2.05) is 12.1 Å². The van der Waals surface area contributed by atoms with Gasteiger partial charge >= 0.3 is 160 Å². The predicted octanol–water partition coefficient (Wildman–Crippen LogP) is 3.44. The maximum absolute atomic E-state index is 10.8. The number of nitrogens with zero attached hydrogens (tertiary/aromatic N) is 2. The van der Waals surface area contributed by atoms with Gasteiger partial charge in [0.25, 0.3) is 0 Å². The molecule has 136 valence electrons. The molecule has 1 fully saturated rings. The van der Waals surface area contributed by atoms with Crippen LogP contribution in [0.1, 0.15) is 16.7 Å². The zero-order valence-corrected chi connectivity index (χ0v) is 16.5. The Morgan fingerprint density at radius 3 is 2.42 bits per heavy atom. The Kier molecular flexibility index (Phi) is 6.45. The van der Waals surface area contributed by atoms with Crippen molar-refractivity contribution in [1.82, 2.24) is 4.90 Å². The van der Waals surface area contributed by atoms with Gasteiger partial charge in [-0.3, -0.25) is 0 Å². The van der Waals surface area contributed by atoms with E-state index in [2.05, 4.69) is 42.2 Å². The molecule has 0 saturated carbocycles. The van der Waals surface area contributed by atoms with E-state index in [4.69, 9.17) is 4.74 Å². The monoisotopic (exact) mass is 418 g/mol. The molecule has 2 aromatic carbocycles. The van der Waals surface area contributed by atoms with Crippen LogP contribution in [0.4, 0.5) is 5.69 Å². The second-order valence-electron chi connectivity index (χ2n) is 6.20. The first-order valence-electron chi connectivity index (χ1n) is 8.59. The van der Waals surface area contributed by atoms with Gasteiger partial charge in [-0.05, 0) is 0 Å². The van der Waals surface area contributed by atoms with Crippen molar-refractivity contribution >= 4 is 26.7 Å². The Labute approximate surface area is 160 Å². The van der Waals surface area contributed by atoms with Crippen LogP contribution in [0.25, 0.3) is 6.08 Å². The molecule has 1 aliphatic heterocycles. The van der Waals surface area contributed by atoms with Gasteiger partial charge in [-0.15, -0.1) is 0 Å². The molecular weight excluding hydrogens is 395 g/mol. The number of benzene rings is 2. The average Bonchev–Trinajstić information content (AvgIpc) is 2.67. The molecule has 3 rings (SSSR count). The van der Waals surface area contributed by atoms with Crippen LogP contribution in [0, 0.1) is 17.0 Å². The molecule has 0 bridgehead atoms. The van der Waals surface area contributed by atoms with Crippen molar-refractivity contribution in [1.29, 1.82) is 0 Å². The average molecular weight is 417 g/mol. The third kappa shape index (κ3) is 5.18. The number of ether oxygens (including phenoxy) is 1. The van der Waals surface area contributed by atoms with Crippen LogP contribution in [-0.4, -0.2) is 51.1 Å². The standard InChI is InChI=1S/C20H22N2O3Se/c1-16-2-4-17(5-3-16)14-20(21-10-12-25-13-11-21)26-15-18-6-8-19(9-7-18)22(23)24/h2-9,14H,10-13,15H2,1H3/b20-14+. The topological polar surface area (TPSA) is 55.6 Å². The summed E-state index contributed by atoms with van der Waals surface area (Å²) in [6, 6.07) is 15.5. The Bertz CT molecular complexity index is 767. The quantitative estimate of drug-likeness (QED) is 0.411. The van der Waals surface area contributed by atoms with Crippen LogP contribution in [0.15, 0.2) is 53.1 Å². The number of non-ortho nitro benzene ring substituents is 1. The van der Waals surface area contributed by atoms with Crippen molar-refractivity contribution in [3.05, 3.63) is 79.9 Å². The second-order valence-corrected chi connectivity index (χ2v) is 8.29. The number of aryl methyl sites for hydroxylation is 1. The summed E-state index contributed by atoms with van der Waals surface area (Å²) in [6.45, 7) is 5.45. The molecule has 0 unspecified atom stereocenters. The third-order valence-corrected chi connectivity index (χ3v) is 6.64. The van der Waals surface area contributed by atoms with E-state index < -0.39 is 0 Å². The molecule has 0 aromatic heterocycles. The van der Waals surface area contributed by atoms with E-state index in [1.54, 1.807) is 12.1 Å². The fourth-order valence-corrected chi connectivity index (χ4v) is 4.97. The normalized spacial score (nSPS) is 15.1. The Morgan fingerprint density at radius 1 is 1.15 bits per heavy atom. The first kappa shape index (κ1) is 18.6. The minimum absolute atomic E-state index is 0.143. The molecule has 0 spiro atoms. The molecular formula is C20H22N2O3Se. The predicted molar refractivity (Wildman–Crippen MR) is 104 cm³/mol. The molecule has 0 amide bonds. The van der Waals surface area contributed by atoms with Crippen LogP contribution in [0.2, 0.25) is 0 Å². The van der Waals surface area contributed by atoms with Gasteiger partial charge in [-0.2, -0.15) is 0 Å². The first-order chi connectivity index (χ1) is 12.6. The van der Waals surface area contributed by atoms with E-state index >= 15 is 0 Å². The molecule has 0 N–H and O–H groups in total. The summed E-state index contributed by atoms with van der Waals surface area (Å²) >= 11 is 0.248. The van der Waals surface area contributed by atoms with Crippen LogP contribution in [0.5, 0.6) is 0 Å². The van der Waals surface area contributed by atoms with Crippen molar-refractivity contribution in [2.24, 2.45) is 0 Å². The van der Waals surface area contributed by atoms with Crippen LogP contribution in [-0.2, 0) is 10.1 Å². The Hall–Kier alpha value is -2.14. The fourth-order valence-electron chi connectivity index (χ4n) is 2.68. The summed E-state index contributed by atoms with van der Waals surface area (Å²) in [4.78, 5) is 12.8. The molecule has 5 nitrogen and oxygen atoms in total. The first-order valence-corrected chi connectivity index (χ1v) is 10.7. The maximum atomic E-state index is 10.8. The zero-order valence-electron chi connectivity index (χ0n) is 14.8. The van der Waals surface area contributed by atoms with Gasteiger partial charge in [0.1, 0.15) is 0 Å². The summed E-state index contributed by atoms with van der Waals surface area (Å²) in [5.41, 5.74) is 3.75. The van der Waals surface area contributed by atoms with Crippen molar-refractivity contribution in [2.45, 2.75) is 12.2 Å². The summed E-state index contributed by atoms with van der Waals surface area (Å²) in [5.74, 6) is 0. The van der Waals surface area contributed by atoms with Gasteiger partial charge in [-0.1, -0.05) is 0 Å². The van der Waals surface area contributed by atoms with Crippen LogP contribution < -0.4 is 0 Å². The van der Waals surface area contributed by atoms with Gasteiger partial charge in [-0.25, -0.2) is 0 Å². The van der Waals surface area contributed by atoms with Crippen molar-refractivity contribution in [3.8, 4) is 0 Å². The summed E-state index contributed by atoms with van der Waals surface area (Å²) in [7, 11) is 0. The second kappa shape index (κ2) is 8.99. The number of rotatable bonds is 6. The number of hydrogen-bond donors (Lipinski definition) is 0. The fraction of sp³-hybridized carbons (Fsp3) is 0.300. The van der Waals surface area contributed by atoms with Crippen molar-refractivity contribution < 1.29 is 9.66 Å². The van der Waals surface area contributed by atoms with E-state index in [0.29, 0.717) is 0 Å². The molecule has 1 aliphatic rings. The van der Waals surface area contributed by atoms with Crippen molar-refractivity contribution in [2.75, 3.05) is 26.3 Å². The molecule has 0 radical (unpaired) electrons. The summed E-state index contributed by atoms with van der Waals surface area (Å²) < 4.78 is 6.84. The van der Waals surface area contributed by atoms with Gasteiger partial charge in [0.15, 0.2) is 0 Å². The number of morpholine rings is 1. The van der Waals surface area contributed by atoms with Gasteiger partial charge < -0.3 is 0 Å². The zero-order chi connectivity index (χ0) is 18.4. The third-order valence-electron chi connectivity index (χ3n) is 4.22. The molecule has 2 aromatic rings. The molecule has 6 heteroatoms. The number of nitro groups is 1. The van der Waals surface area contributed by atoms with Crippen molar-refractivity contribution in [3.63, 3.8) is 0 Å². The summed E-state index contributed by atoms with van der Waals surface area (Å²) in [5, 5.41) is 11.7. The van der Waals surface area contributed by atoms with E-state index in [9.17, 15) is 10.1 Å². The van der Waals surface area contributed by atoms with Crippen LogP contribution >= 0.6 is 0 Å². The van der Waals surface area contributed by atoms with Gasteiger partial charge in [0.2, 0.25) is 0 Å². The SMILES string of the molecule is Cc1ccc(/C=C(/[Se]Cc2ccc([N+](=O)[O-])cc2)N2CCOCC2)cc1. The molecule has 1 heterocycles. The number of hydrogen-bond acceptors (Lipinski definition) is 4. The van der Waals surface area contributed by atoms with E-state index in [1.165, 1.54) is 15.7 Å².